The van der Waals surface area contributed by atoms with Crippen molar-refractivity contribution in [3.8, 4) is 5.75 Å². The summed E-state index contributed by atoms with van der Waals surface area (Å²) < 4.78 is 18.5. The number of aromatic nitrogens is 1. The highest BCUT2D eigenvalue weighted by Gasteiger charge is 2.03. The summed E-state index contributed by atoms with van der Waals surface area (Å²) >= 11 is 0. The standard InChI is InChI=1S/C12H11FN2O/c1-16-10-4-5-12(11(13)7-10)15-9-3-2-6-14-8-9/h2-8,15H,1H3. The summed E-state index contributed by atoms with van der Waals surface area (Å²) in [5.74, 6) is 0.137. The Hall–Kier alpha value is -2.10. The van der Waals surface area contributed by atoms with Crippen molar-refractivity contribution in [2.24, 2.45) is 0 Å². The van der Waals surface area contributed by atoms with Crippen molar-refractivity contribution in [3.63, 3.8) is 0 Å². The normalized spacial score (nSPS) is 9.88. The Kier molecular flexibility index (Phi) is 3.00. The van der Waals surface area contributed by atoms with Crippen LogP contribution < -0.4 is 10.1 Å². The first-order valence-corrected chi connectivity index (χ1v) is 4.80. The first-order valence-electron chi connectivity index (χ1n) is 4.80. The molecule has 1 heterocycles. The summed E-state index contributed by atoms with van der Waals surface area (Å²) in [6.45, 7) is 0. The minimum Gasteiger partial charge on any atom is -0.497 e. The van der Waals surface area contributed by atoms with Crippen molar-refractivity contribution in [3.05, 3.63) is 48.5 Å². The molecule has 0 saturated carbocycles. The maximum atomic E-state index is 13.6. The summed E-state index contributed by atoms with van der Waals surface area (Å²) in [4.78, 5) is 3.93. The molecule has 0 aliphatic rings. The molecule has 1 aromatic heterocycles. The molecule has 3 nitrogen and oxygen atoms in total. The van der Waals surface area contributed by atoms with E-state index >= 15 is 0 Å². The smallest absolute Gasteiger partial charge is 0.150 e. The van der Waals surface area contributed by atoms with Gasteiger partial charge >= 0.3 is 0 Å². The van der Waals surface area contributed by atoms with Crippen LogP contribution in [0.3, 0.4) is 0 Å². The summed E-state index contributed by atoms with van der Waals surface area (Å²) in [5, 5.41) is 2.93. The van der Waals surface area contributed by atoms with Gasteiger partial charge in [0, 0.05) is 12.3 Å². The third-order valence-corrected chi connectivity index (χ3v) is 2.12. The van der Waals surface area contributed by atoms with E-state index in [1.165, 1.54) is 13.2 Å². The van der Waals surface area contributed by atoms with Gasteiger partial charge in [0.1, 0.15) is 11.6 Å². The van der Waals surface area contributed by atoms with E-state index in [2.05, 4.69) is 10.3 Å². The lowest BCUT2D eigenvalue weighted by atomic mass is 10.2. The Balaban J connectivity index is 2.22. The number of nitrogens with zero attached hydrogens (tertiary/aromatic N) is 1. The van der Waals surface area contributed by atoms with Gasteiger partial charge in [0.05, 0.1) is 24.7 Å². The minimum absolute atomic E-state index is 0.358. The van der Waals surface area contributed by atoms with Gasteiger partial charge in [-0.3, -0.25) is 4.98 Å². The highest BCUT2D eigenvalue weighted by Crippen LogP contribution is 2.23. The second kappa shape index (κ2) is 4.61. The molecule has 4 heteroatoms. The Bertz CT molecular complexity index is 474. The number of halogens is 1. The second-order valence-corrected chi connectivity index (χ2v) is 3.21. The number of anilines is 2. The Morgan fingerprint density at radius 3 is 2.81 bits per heavy atom. The predicted octanol–water partition coefficient (Wildman–Crippen LogP) is 2.97. The van der Waals surface area contributed by atoms with E-state index in [0.717, 1.165) is 5.69 Å². The Morgan fingerprint density at radius 1 is 1.31 bits per heavy atom. The van der Waals surface area contributed by atoms with Crippen molar-refractivity contribution in [2.75, 3.05) is 12.4 Å². The number of pyridine rings is 1. The zero-order chi connectivity index (χ0) is 11.4. The summed E-state index contributed by atoms with van der Waals surface area (Å²) in [5.41, 5.74) is 1.14. The maximum absolute atomic E-state index is 13.6. The van der Waals surface area contributed by atoms with E-state index in [9.17, 15) is 4.39 Å². The van der Waals surface area contributed by atoms with Gasteiger partial charge in [0.25, 0.3) is 0 Å². The number of nitrogens with one attached hydrogen (secondary N) is 1. The van der Waals surface area contributed by atoms with Crippen LogP contribution in [0.25, 0.3) is 0 Å². The van der Waals surface area contributed by atoms with Gasteiger partial charge in [-0.15, -0.1) is 0 Å². The monoisotopic (exact) mass is 218 g/mol. The van der Waals surface area contributed by atoms with Crippen LogP contribution in [0.1, 0.15) is 0 Å². The molecule has 1 N–H and O–H groups in total. The molecule has 0 unspecified atom stereocenters. The maximum Gasteiger partial charge on any atom is 0.150 e. The highest BCUT2D eigenvalue weighted by atomic mass is 19.1. The molecule has 0 saturated heterocycles. The number of methoxy groups -OCH3 is 1. The lowest BCUT2D eigenvalue weighted by molar-refractivity contribution is 0.411. The Morgan fingerprint density at radius 2 is 2.19 bits per heavy atom. The molecule has 2 rings (SSSR count). The molecule has 2 aromatic rings. The molecule has 0 aliphatic heterocycles. The number of hydrogen-bond donors (Lipinski definition) is 1. The van der Waals surface area contributed by atoms with Gasteiger partial charge in [-0.25, -0.2) is 4.39 Å². The van der Waals surface area contributed by atoms with Crippen LogP contribution in [-0.2, 0) is 0 Å². The van der Waals surface area contributed by atoms with Crippen molar-refractivity contribution < 1.29 is 9.13 Å². The summed E-state index contributed by atoms with van der Waals surface area (Å²) in [6.07, 6.45) is 3.29. The third-order valence-electron chi connectivity index (χ3n) is 2.12. The molecule has 0 atom stereocenters. The van der Waals surface area contributed by atoms with Crippen molar-refractivity contribution >= 4 is 11.4 Å². The molecular weight excluding hydrogens is 207 g/mol. The molecular formula is C12H11FN2O. The SMILES string of the molecule is COc1ccc(Nc2cccnc2)c(F)c1. The van der Waals surface area contributed by atoms with Crippen LogP contribution in [0.15, 0.2) is 42.7 Å². The molecule has 16 heavy (non-hydrogen) atoms. The quantitative estimate of drug-likeness (QED) is 0.859. The van der Waals surface area contributed by atoms with Gasteiger partial charge < -0.3 is 10.1 Å². The van der Waals surface area contributed by atoms with Gasteiger partial charge in [-0.05, 0) is 24.3 Å². The van der Waals surface area contributed by atoms with E-state index in [-0.39, 0.29) is 5.82 Å². The number of hydrogen-bond acceptors (Lipinski definition) is 3. The third kappa shape index (κ3) is 2.28. The summed E-state index contributed by atoms with van der Waals surface area (Å²) in [6, 6.07) is 8.25. The first-order chi connectivity index (χ1) is 7.79. The topological polar surface area (TPSA) is 34.1 Å². The highest BCUT2D eigenvalue weighted by molar-refractivity contribution is 5.60. The molecule has 0 fully saturated rings. The fourth-order valence-electron chi connectivity index (χ4n) is 1.32. The molecule has 82 valence electrons. The van der Waals surface area contributed by atoms with Crippen LogP contribution in [0.5, 0.6) is 5.75 Å². The van der Waals surface area contributed by atoms with Crippen LogP contribution in [0.2, 0.25) is 0 Å². The van der Waals surface area contributed by atoms with Gasteiger partial charge in [0.2, 0.25) is 0 Å². The predicted molar refractivity (Wildman–Crippen MR) is 60.5 cm³/mol. The van der Waals surface area contributed by atoms with Crippen LogP contribution in [0, 0.1) is 5.82 Å². The van der Waals surface area contributed by atoms with E-state index in [0.29, 0.717) is 11.4 Å². The van der Waals surface area contributed by atoms with Crippen molar-refractivity contribution in [1.82, 2.24) is 4.98 Å². The molecule has 0 aliphatic carbocycles. The number of benzene rings is 1. The first kappa shape index (κ1) is 10.4. The van der Waals surface area contributed by atoms with Crippen LogP contribution in [0.4, 0.5) is 15.8 Å². The van der Waals surface area contributed by atoms with Gasteiger partial charge in [-0.2, -0.15) is 0 Å². The molecule has 0 radical (unpaired) electrons. The Labute approximate surface area is 92.9 Å². The largest absolute Gasteiger partial charge is 0.497 e. The molecule has 0 bridgehead atoms. The average Bonchev–Trinajstić information content (AvgIpc) is 2.33. The fourth-order valence-corrected chi connectivity index (χ4v) is 1.32. The van der Waals surface area contributed by atoms with Crippen LogP contribution in [-0.4, -0.2) is 12.1 Å². The van der Waals surface area contributed by atoms with Crippen LogP contribution >= 0.6 is 0 Å². The number of ether oxygens (including phenoxy) is 1. The number of rotatable bonds is 3. The van der Waals surface area contributed by atoms with E-state index in [1.807, 2.05) is 6.07 Å². The van der Waals surface area contributed by atoms with Gasteiger partial charge in [0.15, 0.2) is 0 Å². The van der Waals surface area contributed by atoms with E-state index < -0.39 is 0 Å². The van der Waals surface area contributed by atoms with Crippen molar-refractivity contribution in [1.29, 1.82) is 0 Å². The average molecular weight is 218 g/mol. The van der Waals surface area contributed by atoms with Crippen molar-refractivity contribution in [2.45, 2.75) is 0 Å². The molecule has 0 spiro atoms. The zero-order valence-electron chi connectivity index (χ0n) is 8.77. The van der Waals surface area contributed by atoms with E-state index in [4.69, 9.17) is 4.74 Å². The fraction of sp³-hybridized carbons (Fsp3) is 0.0833. The van der Waals surface area contributed by atoms with E-state index in [1.54, 1.807) is 30.6 Å². The molecule has 1 aromatic carbocycles. The lowest BCUT2D eigenvalue weighted by Crippen LogP contribution is -1.94. The summed E-state index contributed by atoms with van der Waals surface area (Å²) in [7, 11) is 1.50. The lowest BCUT2D eigenvalue weighted by Gasteiger charge is -2.08. The second-order valence-electron chi connectivity index (χ2n) is 3.21. The van der Waals surface area contributed by atoms with Gasteiger partial charge in [-0.1, -0.05) is 0 Å². The molecule has 0 amide bonds. The minimum atomic E-state index is -0.358. The zero-order valence-corrected chi connectivity index (χ0v) is 8.77.